The van der Waals surface area contributed by atoms with E-state index in [2.05, 4.69) is 38.7 Å². The summed E-state index contributed by atoms with van der Waals surface area (Å²) >= 11 is 0. The van der Waals surface area contributed by atoms with Gasteiger partial charge in [0.2, 0.25) is 0 Å². The molecule has 0 heterocycles. The Balaban J connectivity index is 0. The molecule has 98 valence electrons. The number of carbonyl (C=O) groups excluding carboxylic acids is 1. The predicted octanol–water partition coefficient (Wildman–Crippen LogP) is 4.49. The third-order valence-electron chi connectivity index (χ3n) is 3.14. The van der Waals surface area contributed by atoms with E-state index in [1.54, 1.807) is 19.1 Å². The lowest BCUT2D eigenvalue weighted by Gasteiger charge is -2.36. The molecule has 0 unspecified atom stereocenters. The summed E-state index contributed by atoms with van der Waals surface area (Å²) in [4.78, 5) is 11.1. The second-order valence-corrected chi connectivity index (χ2v) is 5.30. The summed E-state index contributed by atoms with van der Waals surface area (Å²) in [5, 5.41) is 0. The standard InChI is InChI=1S/C9H18O.C6H8O/c1-7(10)9(5,6)8(2,3)4;1-3-5-6-7-4-2/h1-6H3;3-6H,1-2H2/b;6-5-. The first kappa shape index (κ1) is 18.1. The third-order valence-corrected chi connectivity index (χ3v) is 3.14. The van der Waals surface area contributed by atoms with E-state index in [4.69, 9.17) is 0 Å². The van der Waals surface area contributed by atoms with Crippen LogP contribution in [0.3, 0.4) is 0 Å². The first-order valence-electron chi connectivity index (χ1n) is 5.66. The summed E-state index contributed by atoms with van der Waals surface area (Å²) in [6.07, 6.45) is 6.16. The maximum absolute atomic E-state index is 11.1. The van der Waals surface area contributed by atoms with Crippen molar-refractivity contribution < 1.29 is 9.53 Å². The van der Waals surface area contributed by atoms with Crippen molar-refractivity contribution >= 4 is 5.78 Å². The zero-order chi connectivity index (χ0) is 14.1. The molecule has 0 spiro atoms. The molecule has 0 aromatic carbocycles. The highest BCUT2D eigenvalue weighted by Crippen LogP contribution is 2.38. The van der Waals surface area contributed by atoms with Crippen LogP contribution in [0.25, 0.3) is 0 Å². The van der Waals surface area contributed by atoms with Crippen LogP contribution in [-0.4, -0.2) is 5.78 Å². The Morgan fingerprint density at radius 1 is 1.12 bits per heavy atom. The van der Waals surface area contributed by atoms with Gasteiger partial charge in [-0.25, -0.2) is 0 Å². The lowest BCUT2D eigenvalue weighted by atomic mass is 9.67. The van der Waals surface area contributed by atoms with Crippen LogP contribution >= 0.6 is 0 Å². The average Bonchev–Trinajstić information content (AvgIpc) is 2.17. The number of hydrogen-bond donors (Lipinski definition) is 0. The minimum Gasteiger partial charge on any atom is -0.473 e. The van der Waals surface area contributed by atoms with E-state index in [0.717, 1.165) is 0 Å². The van der Waals surface area contributed by atoms with Crippen molar-refractivity contribution in [2.24, 2.45) is 10.8 Å². The SMILES string of the molecule is C=C/C=C\OC=C.CC(=O)C(C)(C)C(C)(C)C. The molecule has 0 bridgehead atoms. The maximum Gasteiger partial charge on any atom is 0.135 e. The molecule has 2 nitrogen and oxygen atoms in total. The Hall–Kier alpha value is -1.31. The first-order valence-corrected chi connectivity index (χ1v) is 5.66. The van der Waals surface area contributed by atoms with E-state index in [9.17, 15) is 4.79 Å². The van der Waals surface area contributed by atoms with Gasteiger partial charge in [0.25, 0.3) is 0 Å². The van der Waals surface area contributed by atoms with Gasteiger partial charge in [-0.05, 0) is 18.4 Å². The number of carbonyl (C=O) groups is 1. The van der Waals surface area contributed by atoms with Gasteiger partial charge in [0.05, 0.1) is 12.5 Å². The summed E-state index contributed by atoms with van der Waals surface area (Å²) < 4.78 is 4.59. The fraction of sp³-hybridized carbons (Fsp3) is 0.533. The highest BCUT2D eigenvalue weighted by atomic mass is 16.5. The van der Waals surface area contributed by atoms with Gasteiger partial charge in [-0.1, -0.05) is 53.9 Å². The van der Waals surface area contributed by atoms with E-state index in [-0.39, 0.29) is 16.6 Å². The van der Waals surface area contributed by atoms with Crippen molar-refractivity contribution in [1.29, 1.82) is 0 Å². The Morgan fingerprint density at radius 3 is 1.76 bits per heavy atom. The minimum absolute atomic E-state index is 0.0683. The van der Waals surface area contributed by atoms with Crippen molar-refractivity contribution in [1.82, 2.24) is 0 Å². The summed E-state index contributed by atoms with van der Waals surface area (Å²) in [7, 11) is 0. The Labute approximate surface area is 106 Å². The van der Waals surface area contributed by atoms with Crippen LogP contribution in [0.1, 0.15) is 41.5 Å². The van der Waals surface area contributed by atoms with Gasteiger partial charge in [-0.15, -0.1) is 0 Å². The molecule has 17 heavy (non-hydrogen) atoms. The fourth-order valence-corrected chi connectivity index (χ4v) is 0.685. The molecule has 0 aliphatic carbocycles. The number of hydrogen-bond acceptors (Lipinski definition) is 2. The number of allylic oxidation sites excluding steroid dienone is 2. The highest BCUT2D eigenvalue weighted by Gasteiger charge is 2.36. The predicted molar refractivity (Wildman–Crippen MR) is 74.5 cm³/mol. The maximum atomic E-state index is 11.1. The minimum atomic E-state index is -0.201. The lowest BCUT2D eigenvalue weighted by molar-refractivity contribution is -0.130. The summed E-state index contributed by atoms with van der Waals surface area (Å²) in [6.45, 7) is 18.7. The van der Waals surface area contributed by atoms with Crippen molar-refractivity contribution in [3.05, 3.63) is 37.8 Å². The fourth-order valence-electron chi connectivity index (χ4n) is 0.685. The Morgan fingerprint density at radius 2 is 1.59 bits per heavy atom. The zero-order valence-corrected chi connectivity index (χ0v) is 12.0. The van der Waals surface area contributed by atoms with Crippen molar-refractivity contribution in [2.75, 3.05) is 0 Å². The Bertz CT molecular complexity index is 278. The van der Waals surface area contributed by atoms with Crippen molar-refractivity contribution in [3.63, 3.8) is 0 Å². The quantitative estimate of drug-likeness (QED) is 0.532. The molecule has 0 N–H and O–H groups in total. The van der Waals surface area contributed by atoms with Gasteiger partial charge in [0, 0.05) is 5.41 Å². The molecule has 2 heteroatoms. The molecule has 0 saturated carbocycles. The van der Waals surface area contributed by atoms with Crippen LogP contribution < -0.4 is 0 Å². The van der Waals surface area contributed by atoms with E-state index >= 15 is 0 Å². The molecule has 0 saturated heterocycles. The van der Waals surface area contributed by atoms with E-state index < -0.39 is 0 Å². The van der Waals surface area contributed by atoms with Gasteiger partial charge in [0.15, 0.2) is 0 Å². The average molecular weight is 238 g/mol. The molecule has 0 aliphatic heterocycles. The van der Waals surface area contributed by atoms with Crippen LogP contribution in [-0.2, 0) is 9.53 Å². The van der Waals surface area contributed by atoms with Crippen molar-refractivity contribution in [3.8, 4) is 0 Å². The van der Waals surface area contributed by atoms with Gasteiger partial charge < -0.3 is 4.74 Å². The molecule has 0 amide bonds. The van der Waals surface area contributed by atoms with Crippen LogP contribution in [0.5, 0.6) is 0 Å². The van der Waals surface area contributed by atoms with Crippen LogP contribution in [0.2, 0.25) is 0 Å². The van der Waals surface area contributed by atoms with Crippen LogP contribution in [0.15, 0.2) is 37.8 Å². The molecule has 0 aromatic rings. The number of ether oxygens (including phenoxy) is 1. The van der Waals surface area contributed by atoms with Gasteiger partial charge >= 0.3 is 0 Å². The molecule has 0 atom stereocenters. The molecule has 0 radical (unpaired) electrons. The van der Waals surface area contributed by atoms with E-state index in [0.29, 0.717) is 0 Å². The van der Waals surface area contributed by atoms with E-state index in [1.807, 2.05) is 13.8 Å². The summed E-state index contributed by atoms with van der Waals surface area (Å²) in [5.41, 5.74) is -0.133. The molecule has 0 aliphatic rings. The Kier molecular flexibility index (Phi) is 8.38. The van der Waals surface area contributed by atoms with Gasteiger partial charge in [-0.2, -0.15) is 0 Å². The van der Waals surface area contributed by atoms with Crippen LogP contribution in [0, 0.1) is 10.8 Å². The van der Waals surface area contributed by atoms with E-state index in [1.165, 1.54) is 12.5 Å². The second kappa shape index (κ2) is 7.88. The second-order valence-electron chi connectivity index (χ2n) is 5.30. The molecular formula is C15H26O2. The third kappa shape index (κ3) is 7.56. The molecular weight excluding hydrogens is 212 g/mol. The van der Waals surface area contributed by atoms with Gasteiger partial charge in [0.1, 0.15) is 5.78 Å². The topological polar surface area (TPSA) is 26.3 Å². The number of rotatable bonds is 4. The first-order chi connectivity index (χ1) is 7.61. The lowest BCUT2D eigenvalue weighted by Crippen LogP contribution is -2.35. The number of Topliss-reactive ketones (excluding diaryl/α,β-unsaturated/α-hetero) is 1. The largest absolute Gasteiger partial charge is 0.473 e. The van der Waals surface area contributed by atoms with Crippen LogP contribution in [0.4, 0.5) is 0 Å². The summed E-state index contributed by atoms with van der Waals surface area (Å²) in [5.74, 6) is 0.264. The van der Waals surface area contributed by atoms with Crippen molar-refractivity contribution in [2.45, 2.75) is 41.5 Å². The normalized spacial score (nSPS) is 11.4. The molecule has 0 rings (SSSR count). The molecule has 0 aromatic heterocycles. The monoisotopic (exact) mass is 238 g/mol. The zero-order valence-electron chi connectivity index (χ0n) is 12.0. The van der Waals surface area contributed by atoms with Gasteiger partial charge in [-0.3, -0.25) is 4.79 Å². The summed E-state index contributed by atoms with van der Waals surface area (Å²) in [6, 6.07) is 0. The molecule has 0 fully saturated rings. The smallest absolute Gasteiger partial charge is 0.135 e. The number of ketones is 1. The highest BCUT2D eigenvalue weighted by molar-refractivity contribution is 5.82.